The van der Waals surface area contributed by atoms with Crippen LogP contribution >= 0.6 is 15.9 Å². The normalized spacial score (nSPS) is 10.7. The van der Waals surface area contributed by atoms with Crippen molar-refractivity contribution in [3.05, 3.63) is 27.9 Å². The summed E-state index contributed by atoms with van der Waals surface area (Å²) in [6.45, 7) is -0.618. The number of aromatic nitrogens is 1. The molecule has 0 aliphatic carbocycles. The SMILES string of the molecule is O=C(c1ccc([N+](=O)[O-])[nH]1)N(CCBr)CC(F)F. The van der Waals surface area contributed by atoms with Crippen LogP contribution < -0.4 is 0 Å². The number of nitrogens with zero attached hydrogens (tertiary/aromatic N) is 2. The van der Waals surface area contributed by atoms with E-state index in [4.69, 9.17) is 0 Å². The highest BCUT2D eigenvalue weighted by Gasteiger charge is 2.23. The summed E-state index contributed by atoms with van der Waals surface area (Å²) in [5, 5.41) is 10.8. The summed E-state index contributed by atoms with van der Waals surface area (Å²) >= 11 is 3.05. The fourth-order valence-corrected chi connectivity index (χ4v) is 1.76. The van der Waals surface area contributed by atoms with Crippen molar-refractivity contribution in [1.82, 2.24) is 9.88 Å². The van der Waals surface area contributed by atoms with Gasteiger partial charge in [-0.2, -0.15) is 0 Å². The molecular weight excluding hydrogens is 316 g/mol. The molecule has 0 bridgehead atoms. The summed E-state index contributed by atoms with van der Waals surface area (Å²) in [5.41, 5.74) is -0.0803. The van der Waals surface area contributed by atoms with Gasteiger partial charge in [-0.25, -0.2) is 13.8 Å². The van der Waals surface area contributed by atoms with Crippen LogP contribution in [0.1, 0.15) is 10.5 Å². The fourth-order valence-electron chi connectivity index (χ4n) is 1.33. The number of hydrogen-bond acceptors (Lipinski definition) is 3. The topological polar surface area (TPSA) is 79.2 Å². The van der Waals surface area contributed by atoms with E-state index in [9.17, 15) is 23.7 Å². The maximum Gasteiger partial charge on any atom is 0.321 e. The zero-order valence-electron chi connectivity index (χ0n) is 9.11. The maximum absolute atomic E-state index is 12.3. The van der Waals surface area contributed by atoms with Gasteiger partial charge in [0.25, 0.3) is 12.3 Å². The molecule has 0 unspecified atom stereocenters. The van der Waals surface area contributed by atoms with E-state index in [0.29, 0.717) is 5.33 Å². The van der Waals surface area contributed by atoms with Crippen LogP contribution in [-0.4, -0.2) is 45.6 Å². The quantitative estimate of drug-likeness (QED) is 0.493. The molecule has 1 aromatic heterocycles. The zero-order valence-corrected chi connectivity index (χ0v) is 10.7. The van der Waals surface area contributed by atoms with Crippen molar-refractivity contribution >= 4 is 27.7 Å². The van der Waals surface area contributed by atoms with Crippen LogP contribution in [0.5, 0.6) is 0 Å². The minimum absolute atomic E-state index is 0.0803. The van der Waals surface area contributed by atoms with Gasteiger partial charge in [0.05, 0.1) is 6.54 Å². The van der Waals surface area contributed by atoms with Crippen LogP contribution in [0, 0.1) is 10.1 Å². The number of carbonyl (C=O) groups excluding carboxylic acids is 1. The number of nitrogens with one attached hydrogen (secondary N) is 1. The van der Waals surface area contributed by atoms with E-state index >= 15 is 0 Å². The lowest BCUT2D eigenvalue weighted by molar-refractivity contribution is -0.389. The summed E-state index contributed by atoms with van der Waals surface area (Å²) in [7, 11) is 0. The molecule has 0 atom stereocenters. The molecule has 0 saturated heterocycles. The van der Waals surface area contributed by atoms with Gasteiger partial charge in [0.2, 0.25) is 0 Å². The standard InChI is InChI=1S/C9H10BrF2N3O3/c10-3-4-14(5-7(11)12)9(16)6-1-2-8(13-6)15(17)18/h1-2,7,13H,3-5H2. The number of alkyl halides is 3. The molecule has 1 aromatic rings. The average molecular weight is 326 g/mol. The number of nitro groups is 1. The van der Waals surface area contributed by atoms with Crippen molar-refractivity contribution in [2.24, 2.45) is 0 Å². The van der Waals surface area contributed by atoms with Gasteiger partial charge in [-0.05, 0) is 11.0 Å². The van der Waals surface area contributed by atoms with E-state index in [-0.39, 0.29) is 18.1 Å². The van der Waals surface area contributed by atoms with Crippen LogP contribution in [0.2, 0.25) is 0 Å². The van der Waals surface area contributed by atoms with E-state index in [1.807, 2.05) is 0 Å². The molecule has 9 heteroatoms. The molecule has 0 aromatic carbocycles. The molecule has 18 heavy (non-hydrogen) atoms. The molecule has 0 aliphatic heterocycles. The van der Waals surface area contributed by atoms with Gasteiger partial charge in [0, 0.05) is 17.9 Å². The Hall–Kier alpha value is -1.51. The van der Waals surface area contributed by atoms with Crippen LogP contribution in [0.4, 0.5) is 14.6 Å². The van der Waals surface area contributed by atoms with Crippen molar-refractivity contribution in [1.29, 1.82) is 0 Å². The van der Waals surface area contributed by atoms with E-state index in [1.165, 1.54) is 6.07 Å². The molecule has 1 amide bonds. The monoisotopic (exact) mass is 325 g/mol. The lowest BCUT2D eigenvalue weighted by atomic mass is 10.3. The lowest BCUT2D eigenvalue weighted by Crippen LogP contribution is -2.36. The fraction of sp³-hybridized carbons (Fsp3) is 0.444. The van der Waals surface area contributed by atoms with Gasteiger partial charge < -0.3 is 15.0 Å². The van der Waals surface area contributed by atoms with Gasteiger partial charge >= 0.3 is 5.82 Å². The smallest absolute Gasteiger partial charge is 0.321 e. The number of halogens is 3. The molecule has 1 N–H and O–H groups in total. The maximum atomic E-state index is 12.3. The Morgan fingerprint density at radius 1 is 1.56 bits per heavy atom. The van der Waals surface area contributed by atoms with Crippen LogP contribution in [-0.2, 0) is 0 Å². The number of rotatable bonds is 6. The molecule has 0 saturated carbocycles. The highest BCUT2D eigenvalue weighted by molar-refractivity contribution is 9.09. The predicted octanol–water partition coefficient (Wildman–Crippen LogP) is 2.03. The Kier molecular flexibility index (Phi) is 5.20. The predicted molar refractivity (Wildman–Crippen MR) is 63.1 cm³/mol. The molecule has 1 heterocycles. The lowest BCUT2D eigenvalue weighted by Gasteiger charge is -2.19. The van der Waals surface area contributed by atoms with Crippen molar-refractivity contribution in [3.8, 4) is 0 Å². The third-order valence-corrected chi connectivity index (χ3v) is 2.45. The molecule has 1 rings (SSSR count). The third kappa shape index (κ3) is 3.76. The largest absolute Gasteiger partial charge is 0.358 e. The van der Waals surface area contributed by atoms with E-state index in [2.05, 4.69) is 20.9 Å². The van der Waals surface area contributed by atoms with Crippen LogP contribution in [0.3, 0.4) is 0 Å². The van der Waals surface area contributed by atoms with Gasteiger partial charge in [-0.3, -0.25) is 4.79 Å². The highest BCUT2D eigenvalue weighted by Crippen LogP contribution is 2.13. The molecular formula is C9H10BrF2N3O3. The van der Waals surface area contributed by atoms with Crippen molar-refractivity contribution in [2.45, 2.75) is 6.43 Å². The summed E-state index contributed by atoms with van der Waals surface area (Å²) in [6, 6.07) is 2.31. The van der Waals surface area contributed by atoms with Gasteiger partial charge in [0.15, 0.2) is 5.69 Å². The van der Waals surface area contributed by atoms with E-state index in [1.54, 1.807) is 0 Å². The van der Waals surface area contributed by atoms with Crippen molar-refractivity contribution in [3.63, 3.8) is 0 Å². The van der Waals surface area contributed by atoms with Gasteiger partial charge in [-0.1, -0.05) is 15.9 Å². The molecule has 0 aliphatic rings. The summed E-state index contributed by atoms with van der Waals surface area (Å²) < 4.78 is 24.6. The first-order valence-corrected chi connectivity index (χ1v) is 6.04. The zero-order chi connectivity index (χ0) is 13.7. The number of carbonyl (C=O) groups is 1. The Morgan fingerprint density at radius 2 is 2.22 bits per heavy atom. The molecule has 0 spiro atoms. The Labute approximate surface area is 109 Å². The first-order chi connectivity index (χ1) is 8.45. The van der Waals surface area contributed by atoms with Crippen molar-refractivity contribution in [2.75, 3.05) is 18.4 Å². The second-order valence-electron chi connectivity index (χ2n) is 3.35. The summed E-state index contributed by atoms with van der Waals surface area (Å²) in [6.07, 6.45) is -2.65. The van der Waals surface area contributed by atoms with Crippen LogP contribution in [0.25, 0.3) is 0 Å². The van der Waals surface area contributed by atoms with Gasteiger partial charge in [-0.15, -0.1) is 0 Å². The molecule has 0 fully saturated rings. The van der Waals surface area contributed by atoms with Crippen LogP contribution in [0.15, 0.2) is 12.1 Å². The van der Waals surface area contributed by atoms with Crippen molar-refractivity contribution < 1.29 is 18.5 Å². The average Bonchev–Trinajstić information content (AvgIpc) is 2.76. The minimum Gasteiger partial charge on any atom is -0.358 e. The minimum atomic E-state index is -2.65. The number of H-pyrrole nitrogens is 1. The van der Waals surface area contributed by atoms with E-state index < -0.39 is 23.8 Å². The number of hydrogen-bond donors (Lipinski definition) is 1. The summed E-state index contributed by atoms with van der Waals surface area (Å²) in [5.74, 6) is -1.04. The summed E-state index contributed by atoms with van der Waals surface area (Å²) in [4.78, 5) is 24.8. The highest BCUT2D eigenvalue weighted by atomic mass is 79.9. The molecule has 0 radical (unpaired) electrons. The second-order valence-corrected chi connectivity index (χ2v) is 4.14. The molecule has 6 nitrogen and oxygen atoms in total. The first-order valence-electron chi connectivity index (χ1n) is 4.92. The Bertz CT molecular complexity index is 438. The van der Waals surface area contributed by atoms with Gasteiger partial charge in [0.1, 0.15) is 0 Å². The second kappa shape index (κ2) is 6.43. The third-order valence-electron chi connectivity index (χ3n) is 2.10. The Balaban J connectivity index is 2.83. The number of aromatic amines is 1. The molecule has 100 valence electrons. The first kappa shape index (κ1) is 14.6. The Morgan fingerprint density at radius 3 is 2.67 bits per heavy atom. The van der Waals surface area contributed by atoms with E-state index in [0.717, 1.165) is 11.0 Å². The number of amides is 1.